The molecule has 1 aliphatic heterocycles. The predicted molar refractivity (Wildman–Crippen MR) is 106 cm³/mol. The van der Waals surface area contributed by atoms with Gasteiger partial charge < -0.3 is 4.90 Å². The summed E-state index contributed by atoms with van der Waals surface area (Å²) in [4.78, 5) is 17.9. The first kappa shape index (κ1) is 21.3. The van der Waals surface area contributed by atoms with Gasteiger partial charge in [-0.3, -0.25) is 9.69 Å². The third kappa shape index (κ3) is 4.47. The SMILES string of the molecule is Cc1ccc(S(=O)(=O)N2CCN([C@@H](C)C(=O)N(C(C)C)C(C)C)CC2)s1. The van der Waals surface area contributed by atoms with E-state index >= 15 is 0 Å². The number of piperazine rings is 1. The number of carbonyl (C=O) groups is 1. The maximum Gasteiger partial charge on any atom is 0.252 e. The Morgan fingerprint density at radius 3 is 2.00 bits per heavy atom. The molecule has 1 saturated heterocycles. The molecule has 148 valence electrons. The maximum absolute atomic E-state index is 12.9. The second kappa shape index (κ2) is 8.37. The third-order valence-electron chi connectivity index (χ3n) is 4.86. The maximum atomic E-state index is 12.9. The zero-order chi connectivity index (χ0) is 19.6. The summed E-state index contributed by atoms with van der Waals surface area (Å²) >= 11 is 1.31. The first-order valence-corrected chi connectivity index (χ1v) is 11.4. The van der Waals surface area contributed by atoms with Crippen LogP contribution in [-0.4, -0.2) is 72.7 Å². The van der Waals surface area contributed by atoms with E-state index in [2.05, 4.69) is 4.90 Å². The minimum atomic E-state index is -3.42. The summed E-state index contributed by atoms with van der Waals surface area (Å²) < 4.78 is 27.4. The Labute approximate surface area is 161 Å². The highest BCUT2D eigenvalue weighted by molar-refractivity contribution is 7.91. The average molecular weight is 402 g/mol. The molecule has 0 aliphatic carbocycles. The molecule has 2 rings (SSSR count). The van der Waals surface area contributed by atoms with Crippen molar-refractivity contribution in [1.82, 2.24) is 14.1 Å². The molecule has 6 nitrogen and oxygen atoms in total. The molecule has 1 atom stereocenters. The van der Waals surface area contributed by atoms with Crippen LogP contribution in [0.4, 0.5) is 0 Å². The van der Waals surface area contributed by atoms with Gasteiger partial charge in [-0.05, 0) is 53.7 Å². The Morgan fingerprint density at radius 1 is 1.04 bits per heavy atom. The van der Waals surface area contributed by atoms with E-state index in [0.717, 1.165) is 4.88 Å². The van der Waals surface area contributed by atoms with Gasteiger partial charge >= 0.3 is 0 Å². The van der Waals surface area contributed by atoms with Crippen molar-refractivity contribution in [3.05, 3.63) is 17.0 Å². The van der Waals surface area contributed by atoms with Crippen LogP contribution in [0.1, 0.15) is 39.5 Å². The molecular formula is C18H31N3O3S2. The largest absolute Gasteiger partial charge is 0.336 e. The van der Waals surface area contributed by atoms with Crippen LogP contribution >= 0.6 is 11.3 Å². The van der Waals surface area contributed by atoms with Gasteiger partial charge in [0.15, 0.2) is 0 Å². The van der Waals surface area contributed by atoms with E-state index in [1.165, 1.54) is 15.6 Å². The Bertz CT molecular complexity index is 712. The second-order valence-corrected chi connectivity index (χ2v) is 10.9. The van der Waals surface area contributed by atoms with Crippen molar-refractivity contribution in [3.8, 4) is 0 Å². The molecule has 1 aliphatic rings. The number of aryl methyl sites for hydroxylation is 1. The van der Waals surface area contributed by atoms with Gasteiger partial charge in [0.05, 0.1) is 6.04 Å². The van der Waals surface area contributed by atoms with E-state index in [1.54, 1.807) is 6.07 Å². The van der Waals surface area contributed by atoms with Crippen LogP contribution < -0.4 is 0 Å². The van der Waals surface area contributed by atoms with Crippen molar-refractivity contribution in [2.24, 2.45) is 0 Å². The minimum absolute atomic E-state index is 0.111. The van der Waals surface area contributed by atoms with Gasteiger partial charge in [-0.1, -0.05) is 0 Å². The van der Waals surface area contributed by atoms with Crippen molar-refractivity contribution in [3.63, 3.8) is 0 Å². The highest BCUT2D eigenvalue weighted by Crippen LogP contribution is 2.25. The molecule has 0 saturated carbocycles. The monoisotopic (exact) mass is 401 g/mol. The Kier molecular flexibility index (Phi) is 6.87. The summed E-state index contributed by atoms with van der Waals surface area (Å²) in [5.41, 5.74) is 0. The topological polar surface area (TPSA) is 60.9 Å². The number of nitrogens with zero attached hydrogens (tertiary/aromatic N) is 3. The van der Waals surface area contributed by atoms with Gasteiger partial charge in [0.1, 0.15) is 4.21 Å². The number of sulfonamides is 1. The van der Waals surface area contributed by atoms with Crippen molar-refractivity contribution in [2.75, 3.05) is 26.2 Å². The predicted octanol–water partition coefficient (Wildman–Crippen LogP) is 2.40. The lowest BCUT2D eigenvalue weighted by molar-refractivity contribution is -0.140. The fourth-order valence-corrected chi connectivity index (χ4v) is 6.35. The molecule has 2 heterocycles. The highest BCUT2D eigenvalue weighted by Gasteiger charge is 2.34. The molecular weight excluding hydrogens is 370 g/mol. The first-order valence-electron chi connectivity index (χ1n) is 9.18. The molecule has 0 N–H and O–H groups in total. The van der Waals surface area contributed by atoms with Gasteiger partial charge in [-0.2, -0.15) is 4.31 Å². The highest BCUT2D eigenvalue weighted by atomic mass is 32.2. The molecule has 0 radical (unpaired) electrons. The fraction of sp³-hybridized carbons (Fsp3) is 0.722. The molecule has 0 unspecified atom stereocenters. The second-order valence-electron chi connectivity index (χ2n) is 7.41. The first-order chi connectivity index (χ1) is 12.1. The van der Waals surface area contributed by atoms with E-state index in [0.29, 0.717) is 30.4 Å². The summed E-state index contributed by atoms with van der Waals surface area (Å²) in [5, 5.41) is 0. The smallest absolute Gasteiger partial charge is 0.252 e. The quantitative estimate of drug-likeness (QED) is 0.734. The Morgan fingerprint density at radius 2 is 1.58 bits per heavy atom. The number of rotatable bonds is 6. The lowest BCUT2D eigenvalue weighted by Crippen LogP contribution is -2.57. The molecule has 1 aromatic rings. The lowest BCUT2D eigenvalue weighted by atomic mass is 10.1. The molecule has 8 heteroatoms. The Balaban J connectivity index is 2.02. The van der Waals surface area contributed by atoms with Gasteiger partial charge in [0.25, 0.3) is 10.0 Å². The van der Waals surface area contributed by atoms with Crippen LogP contribution in [-0.2, 0) is 14.8 Å². The normalized spacial score (nSPS) is 18.5. The van der Waals surface area contributed by atoms with E-state index < -0.39 is 10.0 Å². The number of amides is 1. The lowest BCUT2D eigenvalue weighted by Gasteiger charge is -2.40. The summed E-state index contributed by atoms with van der Waals surface area (Å²) in [6.45, 7) is 13.9. The summed E-state index contributed by atoms with van der Waals surface area (Å²) in [7, 11) is -3.42. The van der Waals surface area contributed by atoms with E-state index in [-0.39, 0.29) is 24.0 Å². The van der Waals surface area contributed by atoms with Crippen molar-refractivity contribution >= 4 is 27.3 Å². The van der Waals surface area contributed by atoms with Gasteiger partial charge in [0.2, 0.25) is 5.91 Å². The molecule has 26 heavy (non-hydrogen) atoms. The van der Waals surface area contributed by atoms with Crippen molar-refractivity contribution in [2.45, 2.75) is 63.9 Å². The Hall–Kier alpha value is -0.960. The zero-order valence-electron chi connectivity index (χ0n) is 16.6. The molecule has 1 amide bonds. The minimum Gasteiger partial charge on any atom is -0.336 e. The number of thiophene rings is 1. The molecule has 0 aromatic carbocycles. The van der Waals surface area contributed by atoms with E-state index in [4.69, 9.17) is 0 Å². The fourth-order valence-electron chi connectivity index (χ4n) is 3.49. The number of hydrogen-bond donors (Lipinski definition) is 0. The van der Waals surface area contributed by atoms with Crippen molar-refractivity contribution in [1.29, 1.82) is 0 Å². The van der Waals surface area contributed by atoms with Gasteiger partial charge in [0, 0.05) is 43.1 Å². The molecule has 1 fully saturated rings. The van der Waals surface area contributed by atoms with Gasteiger partial charge in [-0.15, -0.1) is 11.3 Å². The number of carbonyl (C=O) groups excluding carboxylic acids is 1. The third-order valence-corrected chi connectivity index (χ3v) is 8.22. The summed E-state index contributed by atoms with van der Waals surface area (Å²) in [6.07, 6.45) is 0. The van der Waals surface area contributed by atoms with Crippen LogP contribution in [0.15, 0.2) is 16.3 Å². The molecule has 1 aromatic heterocycles. The molecule has 0 bridgehead atoms. The van der Waals surface area contributed by atoms with Crippen LogP contribution in [0.25, 0.3) is 0 Å². The summed E-state index contributed by atoms with van der Waals surface area (Å²) in [5.74, 6) is 0.111. The van der Waals surface area contributed by atoms with Crippen LogP contribution in [0.5, 0.6) is 0 Å². The van der Waals surface area contributed by atoms with Crippen molar-refractivity contribution < 1.29 is 13.2 Å². The average Bonchev–Trinajstić information content (AvgIpc) is 3.01. The van der Waals surface area contributed by atoms with Crippen LogP contribution in [0, 0.1) is 6.92 Å². The van der Waals surface area contributed by atoms with E-state index in [9.17, 15) is 13.2 Å². The van der Waals surface area contributed by atoms with Crippen LogP contribution in [0.2, 0.25) is 0 Å². The number of hydrogen-bond acceptors (Lipinski definition) is 5. The summed E-state index contributed by atoms with van der Waals surface area (Å²) in [6, 6.07) is 3.56. The molecule has 0 spiro atoms. The van der Waals surface area contributed by atoms with Crippen LogP contribution in [0.3, 0.4) is 0 Å². The van der Waals surface area contributed by atoms with E-state index in [1.807, 2.05) is 52.5 Å². The zero-order valence-corrected chi connectivity index (χ0v) is 18.2. The van der Waals surface area contributed by atoms with Gasteiger partial charge in [-0.25, -0.2) is 8.42 Å². The standard InChI is InChI=1S/C18H31N3O3S2/c1-13(2)21(14(3)4)18(22)16(6)19-9-11-20(12-10-19)26(23,24)17-8-7-15(5)25-17/h7-8,13-14,16H,9-12H2,1-6H3/t16-/m0/s1.